The minimum absolute atomic E-state index is 0.104. The second kappa shape index (κ2) is 8.64. The van der Waals surface area contributed by atoms with Crippen LogP contribution in [0.5, 0.6) is 0 Å². The number of nitrogens with one attached hydrogen (secondary N) is 2. The van der Waals surface area contributed by atoms with Gasteiger partial charge in [0.25, 0.3) is 5.91 Å². The molecule has 1 saturated heterocycles. The van der Waals surface area contributed by atoms with Crippen molar-refractivity contribution >= 4 is 17.5 Å². The zero-order chi connectivity index (χ0) is 18.5. The lowest BCUT2D eigenvalue weighted by atomic mass is 10.1. The van der Waals surface area contributed by atoms with Crippen LogP contribution in [0, 0.1) is 0 Å². The summed E-state index contributed by atoms with van der Waals surface area (Å²) in [5.41, 5.74) is 1.10. The predicted octanol–water partition coefficient (Wildman–Crippen LogP) is 2.41. The molecule has 0 bridgehead atoms. The molecule has 0 radical (unpaired) electrons. The third-order valence-electron chi connectivity index (χ3n) is 5.00. The van der Waals surface area contributed by atoms with Crippen molar-refractivity contribution in [2.45, 2.75) is 57.8 Å². The van der Waals surface area contributed by atoms with Crippen LogP contribution < -0.4 is 10.6 Å². The number of rotatable bonds is 5. The minimum Gasteiger partial charge on any atom is -0.373 e. The van der Waals surface area contributed by atoms with Gasteiger partial charge in [-0.25, -0.2) is 0 Å². The van der Waals surface area contributed by atoms with Crippen molar-refractivity contribution in [3.8, 4) is 0 Å². The lowest BCUT2D eigenvalue weighted by Crippen LogP contribution is -2.48. The van der Waals surface area contributed by atoms with E-state index in [1.807, 2.05) is 26.0 Å². The summed E-state index contributed by atoms with van der Waals surface area (Å²) in [7, 11) is 0. The number of para-hydroxylation sites is 1. The maximum atomic E-state index is 12.6. The molecule has 0 unspecified atom stereocenters. The first kappa shape index (κ1) is 18.9. The van der Waals surface area contributed by atoms with Crippen molar-refractivity contribution in [2.75, 3.05) is 25.0 Å². The van der Waals surface area contributed by atoms with Gasteiger partial charge < -0.3 is 15.4 Å². The molecule has 1 aliphatic heterocycles. The van der Waals surface area contributed by atoms with Crippen molar-refractivity contribution in [1.29, 1.82) is 0 Å². The Morgan fingerprint density at radius 1 is 1.12 bits per heavy atom. The van der Waals surface area contributed by atoms with E-state index in [1.165, 1.54) is 12.8 Å². The average Bonchev–Trinajstić information content (AvgIpc) is 3.07. The van der Waals surface area contributed by atoms with E-state index in [4.69, 9.17) is 4.74 Å². The lowest BCUT2D eigenvalue weighted by molar-refractivity contribution is -0.121. The highest BCUT2D eigenvalue weighted by Gasteiger charge is 2.24. The van der Waals surface area contributed by atoms with E-state index in [2.05, 4.69) is 15.5 Å². The molecule has 0 aromatic heterocycles. The molecule has 0 spiro atoms. The van der Waals surface area contributed by atoms with Crippen LogP contribution in [0.25, 0.3) is 0 Å². The van der Waals surface area contributed by atoms with Crippen LogP contribution in [0.4, 0.5) is 5.69 Å². The molecule has 6 nitrogen and oxygen atoms in total. The van der Waals surface area contributed by atoms with Crippen molar-refractivity contribution in [2.24, 2.45) is 0 Å². The van der Waals surface area contributed by atoms with Gasteiger partial charge >= 0.3 is 0 Å². The van der Waals surface area contributed by atoms with Gasteiger partial charge in [-0.05, 0) is 38.8 Å². The maximum absolute atomic E-state index is 12.6. The van der Waals surface area contributed by atoms with Crippen molar-refractivity contribution < 1.29 is 14.3 Å². The fraction of sp³-hybridized carbons (Fsp3) is 0.600. The summed E-state index contributed by atoms with van der Waals surface area (Å²) in [4.78, 5) is 27.2. The molecule has 2 atom stereocenters. The molecule has 2 N–H and O–H groups in total. The Kier molecular flexibility index (Phi) is 6.27. The van der Waals surface area contributed by atoms with Gasteiger partial charge in [-0.15, -0.1) is 0 Å². The van der Waals surface area contributed by atoms with Crippen LogP contribution in [-0.4, -0.2) is 54.6 Å². The zero-order valence-electron chi connectivity index (χ0n) is 15.7. The highest BCUT2D eigenvalue weighted by Crippen LogP contribution is 2.20. The number of benzene rings is 1. The Bertz CT molecular complexity index is 633. The number of anilines is 1. The Morgan fingerprint density at radius 2 is 1.77 bits per heavy atom. The van der Waals surface area contributed by atoms with Crippen LogP contribution in [-0.2, 0) is 9.53 Å². The molecular weight excluding hydrogens is 330 g/mol. The second-order valence-electron chi connectivity index (χ2n) is 7.50. The summed E-state index contributed by atoms with van der Waals surface area (Å²) >= 11 is 0. The van der Waals surface area contributed by atoms with E-state index in [-0.39, 0.29) is 30.1 Å². The van der Waals surface area contributed by atoms with Gasteiger partial charge in [0.05, 0.1) is 30.0 Å². The summed E-state index contributed by atoms with van der Waals surface area (Å²) in [5, 5.41) is 6.00. The molecule has 1 aromatic carbocycles. The van der Waals surface area contributed by atoms with Gasteiger partial charge in [-0.1, -0.05) is 25.0 Å². The van der Waals surface area contributed by atoms with Crippen LogP contribution >= 0.6 is 0 Å². The summed E-state index contributed by atoms with van der Waals surface area (Å²) in [6.45, 7) is 5.81. The third kappa shape index (κ3) is 5.05. The largest absolute Gasteiger partial charge is 0.373 e. The summed E-state index contributed by atoms with van der Waals surface area (Å²) < 4.78 is 5.70. The van der Waals surface area contributed by atoms with Gasteiger partial charge in [-0.2, -0.15) is 0 Å². The lowest BCUT2D eigenvalue weighted by Gasteiger charge is -2.34. The first-order valence-electron chi connectivity index (χ1n) is 9.59. The quantitative estimate of drug-likeness (QED) is 0.847. The molecule has 1 aromatic rings. The molecule has 142 valence electrons. The molecule has 2 amide bonds. The normalized spacial score (nSPS) is 24.4. The highest BCUT2D eigenvalue weighted by atomic mass is 16.5. The third-order valence-corrected chi connectivity index (χ3v) is 5.00. The number of morpholine rings is 1. The number of hydrogen-bond acceptors (Lipinski definition) is 4. The van der Waals surface area contributed by atoms with Gasteiger partial charge in [0, 0.05) is 19.1 Å². The fourth-order valence-electron chi connectivity index (χ4n) is 3.93. The molecule has 1 heterocycles. The first-order valence-corrected chi connectivity index (χ1v) is 9.59. The molecule has 1 aliphatic carbocycles. The van der Waals surface area contributed by atoms with E-state index < -0.39 is 0 Å². The zero-order valence-corrected chi connectivity index (χ0v) is 15.7. The highest BCUT2D eigenvalue weighted by molar-refractivity contribution is 6.04. The fourth-order valence-corrected chi connectivity index (χ4v) is 3.93. The Hall–Kier alpha value is -1.92. The molecule has 2 fully saturated rings. The van der Waals surface area contributed by atoms with Gasteiger partial charge in [0.15, 0.2) is 0 Å². The average molecular weight is 359 g/mol. The van der Waals surface area contributed by atoms with Crippen LogP contribution in [0.3, 0.4) is 0 Å². The Morgan fingerprint density at radius 3 is 2.46 bits per heavy atom. The summed E-state index contributed by atoms with van der Waals surface area (Å²) in [5.74, 6) is -0.214. The number of carbonyl (C=O) groups excluding carboxylic acids is 2. The van der Waals surface area contributed by atoms with E-state index in [1.54, 1.807) is 12.1 Å². The number of amides is 2. The summed E-state index contributed by atoms with van der Waals surface area (Å²) in [6, 6.07) is 7.46. The van der Waals surface area contributed by atoms with E-state index in [9.17, 15) is 9.59 Å². The van der Waals surface area contributed by atoms with Crippen LogP contribution in [0.2, 0.25) is 0 Å². The molecular formula is C20H29N3O3. The maximum Gasteiger partial charge on any atom is 0.253 e. The number of carbonyl (C=O) groups is 2. The van der Waals surface area contributed by atoms with Crippen LogP contribution in [0.1, 0.15) is 49.9 Å². The smallest absolute Gasteiger partial charge is 0.253 e. The summed E-state index contributed by atoms with van der Waals surface area (Å²) in [6.07, 6.45) is 4.65. The van der Waals surface area contributed by atoms with Crippen molar-refractivity contribution in [3.63, 3.8) is 0 Å². The van der Waals surface area contributed by atoms with Gasteiger partial charge in [0.1, 0.15) is 0 Å². The van der Waals surface area contributed by atoms with Gasteiger partial charge in [0.2, 0.25) is 5.91 Å². The number of ether oxygens (including phenoxy) is 1. The molecule has 26 heavy (non-hydrogen) atoms. The second-order valence-corrected chi connectivity index (χ2v) is 7.50. The minimum atomic E-state index is -0.110. The standard InChI is InChI=1S/C20H29N3O3/c1-14-11-23(12-15(2)26-14)13-19(24)22-18-10-6-5-9-17(18)20(25)21-16-7-3-4-8-16/h5-6,9-10,14-16H,3-4,7-8,11-13H2,1-2H3,(H,21,25)(H,22,24)/t14-,15-/m1/s1. The van der Waals surface area contributed by atoms with Gasteiger partial charge in [-0.3, -0.25) is 14.5 Å². The van der Waals surface area contributed by atoms with E-state index >= 15 is 0 Å². The molecule has 2 aliphatic rings. The SMILES string of the molecule is C[C@@H]1CN(CC(=O)Nc2ccccc2C(=O)NC2CCCC2)C[C@@H](C)O1. The van der Waals surface area contributed by atoms with Crippen molar-refractivity contribution in [1.82, 2.24) is 10.2 Å². The number of hydrogen-bond donors (Lipinski definition) is 2. The van der Waals surface area contributed by atoms with E-state index in [0.29, 0.717) is 17.8 Å². The molecule has 1 saturated carbocycles. The number of nitrogens with zero attached hydrogens (tertiary/aromatic N) is 1. The topological polar surface area (TPSA) is 70.7 Å². The molecule has 6 heteroatoms. The van der Waals surface area contributed by atoms with Crippen LogP contribution in [0.15, 0.2) is 24.3 Å². The first-order chi connectivity index (χ1) is 12.5. The molecule has 3 rings (SSSR count). The monoisotopic (exact) mass is 359 g/mol. The van der Waals surface area contributed by atoms with E-state index in [0.717, 1.165) is 25.9 Å². The Labute approximate surface area is 155 Å². The van der Waals surface area contributed by atoms with Crippen molar-refractivity contribution in [3.05, 3.63) is 29.8 Å². The Balaban J connectivity index is 1.60. The predicted molar refractivity (Wildman–Crippen MR) is 101 cm³/mol.